The molecule has 0 saturated carbocycles. The summed E-state index contributed by atoms with van der Waals surface area (Å²) in [5, 5.41) is 3.18. The summed E-state index contributed by atoms with van der Waals surface area (Å²) in [7, 11) is -3.31. The number of benzene rings is 2. The second kappa shape index (κ2) is 8.20. The highest BCUT2D eigenvalue weighted by molar-refractivity contribution is 7.89. The van der Waals surface area contributed by atoms with Gasteiger partial charge in [0.15, 0.2) is 15.6 Å². The van der Waals surface area contributed by atoms with Crippen LogP contribution in [-0.4, -0.2) is 36.7 Å². The number of nitrogens with zero attached hydrogens (tertiary/aromatic N) is 2. The molecule has 1 aromatic heterocycles. The fraction of sp³-hybridized carbons (Fsp3) is 0.263. The Morgan fingerprint density at radius 2 is 1.96 bits per heavy atom. The van der Waals surface area contributed by atoms with Gasteiger partial charge in [-0.2, -0.15) is 0 Å². The molecule has 0 bridgehead atoms. The SMILES string of the molecule is CCOc1c(Cl)cccc1NC(=O)Cn1c(CS(C)(=O)=O)nc2ccccc21. The van der Waals surface area contributed by atoms with Crippen LogP contribution in [0, 0.1) is 0 Å². The van der Waals surface area contributed by atoms with Crippen molar-refractivity contribution in [1.82, 2.24) is 9.55 Å². The van der Waals surface area contributed by atoms with Crippen LogP contribution in [0.4, 0.5) is 5.69 Å². The molecule has 1 amide bonds. The number of para-hydroxylation sites is 3. The summed E-state index contributed by atoms with van der Waals surface area (Å²) < 4.78 is 30.7. The highest BCUT2D eigenvalue weighted by Crippen LogP contribution is 2.33. The Balaban J connectivity index is 1.91. The maximum absolute atomic E-state index is 12.7. The quantitative estimate of drug-likeness (QED) is 0.632. The van der Waals surface area contributed by atoms with E-state index in [2.05, 4.69) is 10.3 Å². The molecule has 0 aliphatic rings. The largest absolute Gasteiger partial charge is 0.490 e. The van der Waals surface area contributed by atoms with Crippen LogP contribution < -0.4 is 10.1 Å². The van der Waals surface area contributed by atoms with Gasteiger partial charge in [0, 0.05) is 6.26 Å². The standard InChI is InChI=1S/C19H20ClN3O4S/c1-3-27-19-13(20)7-6-9-15(19)22-18(24)11-23-16-10-5-4-8-14(16)21-17(23)12-28(2,25)26/h4-10H,3,11-12H2,1-2H3,(H,22,24). The zero-order valence-corrected chi connectivity index (χ0v) is 17.0. The molecule has 1 heterocycles. The number of carbonyl (C=O) groups excluding carboxylic acids is 1. The van der Waals surface area contributed by atoms with Crippen molar-refractivity contribution in [1.29, 1.82) is 0 Å². The lowest BCUT2D eigenvalue weighted by Gasteiger charge is -2.14. The average molecular weight is 422 g/mol. The first-order valence-corrected chi connectivity index (χ1v) is 11.1. The molecule has 0 fully saturated rings. The number of aromatic nitrogens is 2. The lowest BCUT2D eigenvalue weighted by molar-refractivity contribution is -0.116. The third-order valence-electron chi connectivity index (χ3n) is 3.96. The first-order chi connectivity index (χ1) is 13.3. The monoisotopic (exact) mass is 421 g/mol. The minimum Gasteiger partial charge on any atom is -0.490 e. The maximum atomic E-state index is 12.7. The van der Waals surface area contributed by atoms with E-state index >= 15 is 0 Å². The van der Waals surface area contributed by atoms with Crippen LogP contribution in [0.15, 0.2) is 42.5 Å². The first kappa shape index (κ1) is 20.2. The van der Waals surface area contributed by atoms with Gasteiger partial charge in [0.25, 0.3) is 0 Å². The Labute approximate surface area is 168 Å². The predicted molar refractivity (Wildman–Crippen MR) is 110 cm³/mol. The normalized spacial score (nSPS) is 11.5. The van der Waals surface area contributed by atoms with Crippen LogP contribution in [-0.2, 0) is 26.9 Å². The van der Waals surface area contributed by atoms with Crippen LogP contribution in [0.2, 0.25) is 5.02 Å². The smallest absolute Gasteiger partial charge is 0.244 e. The molecule has 3 aromatic rings. The van der Waals surface area contributed by atoms with Crippen LogP contribution >= 0.6 is 11.6 Å². The van der Waals surface area contributed by atoms with Gasteiger partial charge in [0.2, 0.25) is 5.91 Å². The molecule has 7 nitrogen and oxygen atoms in total. The number of amides is 1. The maximum Gasteiger partial charge on any atom is 0.244 e. The second-order valence-electron chi connectivity index (χ2n) is 6.27. The van der Waals surface area contributed by atoms with E-state index in [-0.39, 0.29) is 18.2 Å². The van der Waals surface area contributed by atoms with Crippen LogP contribution in [0.1, 0.15) is 12.7 Å². The molecule has 0 spiro atoms. The molecule has 148 valence electrons. The van der Waals surface area contributed by atoms with E-state index in [1.54, 1.807) is 34.9 Å². The number of rotatable bonds is 7. The molecule has 1 N–H and O–H groups in total. The van der Waals surface area contributed by atoms with Crippen molar-refractivity contribution in [2.24, 2.45) is 0 Å². The van der Waals surface area contributed by atoms with Crippen molar-refractivity contribution in [3.8, 4) is 5.75 Å². The number of halogens is 1. The molecule has 0 atom stereocenters. The molecule has 0 saturated heterocycles. The van der Waals surface area contributed by atoms with E-state index < -0.39 is 9.84 Å². The van der Waals surface area contributed by atoms with Gasteiger partial charge in [0.1, 0.15) is 18.1 Å². The van der Waals surface area contributed by atoms with Gasteiger partial charge in [-0.25, -0.2) is 13.4 Å². The fourth-order valence-corrected chi connectivity index (χ4v) is 3.80. The van der Waals surface area contributed by atoms with Gasteiger partial charge in [-0.3, -0.25) is 4.79 Å². The van der Waals surface area contributed by atoms with Gasteiger partial charge < -0.3 is 14.6 Å². The first-order valence-electron chi connectivity index (χ1n) is 8.61. The number of fused-ring (bicyclic) bond motifs is 1. The van der Waals surface area contributed by atoms with Gasteiger partial charge in [0.05, 0.1) is 28.4 Å². The Bertz CT molecular complexity index is 1130. The summed E-state index contributed by atoms with van der Waals surface area (Å²) >= 11 is 6.15. The number of anilines is 1. The molecule has 0 aliphatic heterocycles. The molecule has 0 radical (unpaired) electrons. The molecular formula is C19H20ClN3O4S. The van der Waals surface area contributed by atoms with Gasteiger partial charge >= 0.3 is 0 Å². The van der Waals surface area contributed by atoms with E-state index in [4.69, 9.17) is 16.3 Å². The number of sulfone groups is 1. The Kier molecular flexibility index (Phi) is 5.90. The summed E-state index contributed by atoms with van der Waals surface area (Å²) in [6.07, 6.45) is 1.14. The van der Waals surface area contributed by atoms with E-state index in [0.29, 0.717) is 39.9 Å². The molecule has 9 heteroatoms. The predicted octanol–water partition coefficient (Wildman–Crippen LogP) is 3.27. The number of imidazole rings is 1. The molecule has 0 unspecified atom stereocenters. The average Bonchev–Trinajstić information content (AvgIpc) is 2.93. The number of carbonyl (C=O) groups is 1. The lowest BCUT2D eigenvalue weighted by Crippen LogP contribution is -2.21. The van der Waals surface area contributed by atoms with Gasteiger partial charge in [-0.1, -0.05) is 29.8 Å². The lowest BCUT2D eigenvalue weighted by atomic mass is 10.3. The third-order valence-corrected chi connectivity index (χ3v) is 5.04. The second-order valence-corrected chi connectivity index (χ2v) is 8.82. The van der Waals surface area contributed by atoms with E-state index in [0.717, 1.165) is 6.26 Å². The highest BCUT2D eigenvalue weighted by Gasteiger charge is 2.18. The van der Waals surface area contributed by atoms with E-state index in [1.165, 1.54) is 0 Å². The van der Waals surface area contributed by atoms with E-state index in [1.807, 2.05) is 19.1 Å². The molecule has 2 aromatic carbocycles. The van der Waals surface area contributed by atoms with Crippen LogP contribution in [0.25, 0.3) is 11.0 Å². The van der Waals surface area contributed by atoms with Crippen LogP contribution in [0.3, 0.4) is 0 Å². The fourth-order valence-electron chi connectivity index (χ4n) is 2.88. The number of hydrogen-bond donors (Lipinski definition) is 1. The van der Waals surface area contributed by atoms with Crippen molar-refractivity contribution in [3.05, 3.63) is 53.3 Å². The summed E-state index contributed by atoms with van der Waals surface area (Å²) in [5.74, 6) is 0.110. The summed E-state index contributed by atoms with van der Waals surface area (Å²) in [4.78, 5) is 17.1. The van der Waals surface area contributed by atoms with Crippen molar-refractivity contribution in [2.45, 2.75) is 19.2 Å². The van der Waals surface area contributed by atoms with Crippen LogP contribution in [0.5, 0.6) is 5.75 Å². The zero-order valence-electron chi connectivity index (χ0n) is 15.5. The van der Waals surface area contributed by atoms with E-state index in [9.17, 15) is 13.2 Å². The van der Waals surface area contributed by atoms with Crippen molar-refractivity contribution >= 4 is 44.1 Å². The molecular weight excluding hydrogens is 402 g/mol. The minimum atomic E-state index is -3.31. The van der Waals surface area contributed by atoms with Gasteiger partial charge in [-0.05, 0) is 31.2 Å². The topological polar surface area (TPSA) is 90.3 Å². The summed E-state index contributed by atoms with van der Waals surface area (Å²) in [6.45, 7) is 2.13. The third kappa shape index (κ3) is 4.63. The van der Waals surface area contributed by atoms with Crippen molar-refractivity contribution < 1.29 is 17.9 Å². The summed E-state index contributed by atoms with van der Waals surface area (Å²) in [6, 6.07) is 12.3. The highest BCUT2D eigenvalue weighted by atomic mass is 35.5. The Hall–Kier alpha value is -2.58. The number of nitrogens with one attached hydrogen (secondary N) is 1. The Morgan fingerprint density at radius 1 is 1.21 bits per heavy atom. The molecule has 3 rings (SSSR count). The molecule has 0 aliphatic carbocycles. The van der Waals surface area contributed by atoms with Gasteiger partial charge in [-0.15, -0.1) is 0 Å². The number of ether oxygens (including phenoxy) is 1. The molecule has 28 heavy (non-hydrogen) atoms. The zero-order chi connectivity index (χ0) is 20.3. The number of hydrogen-bond acceptors (Lipinski definition) is 5. The Morgan fingerprint density at radius 3 is 2.68 bits per heavy atom. The summed E-state index contributed by atoms with van der Waals surface area (Å²) in [5.41, 5.74) is 1.77. The minimum absolute atomic E-state index is 0.0938. The van der Waals surface area contributed by atoms with Crippen molar-refractivity contribution in [2.75, 3.05) is 18.2 Å². The van der Waals surface area contributed by atoms with Crippen molar-refractivity contribution in [3.63, 3.8) is 0 Å².